The lowest BCUT2D eigenvalue weighted by Crippen LogP contribution is -2.49. The van der Waals surface area contributed by atoms with Gasteiger partial charge in [-0.2, -0.15) is 0 Å². The summed E-state index contributed by atoms with van der Waals surface area (Å²) >= 11 is 0. The first-order chi connectivity index (χ1) is 13.2. The highest BCUT2D eigenvalue weighted by molar-refractivity contribution is 7.88. The third kappa shape index (κ3) is 5.92. The number of hydrogen-bond donors (Lipinski definition) is 3. The molecule has 1 saturated heterocycles. The second-order valence-electron chi connectivity index (χ2n) is 6.55. The number of sulfonamides is 1. The molecule has 2 amide bonds. The third-order valence-electron chi connectivity index (χ3n) is 4.39. The van der Waals surface area contributed by atoms with E-state index in [2.05, 4.69) is 15.0 Å². The Morgan fingerprint density at radius 3 is 2.64 bits per heavy atom. The van der Waals surface area contributed by atoms with Crippen LogP contribution in [0.5, 0.6) is 0 Å². The van der Waals surface area contributed by atoms with Crippen molar-refractivity contribution in [2.24, 2.45) is 0 Å². The van der Waals surface area contributed by atoms with Crippen LogP contribution >= 0.6 is 0 Å². The zero-order chi connectivity index (χ0) is 20.7. The molecule has 3 heterocycles. The van der Waals surface area contributed by atoms with Crippen molar-refractivity contribution in [3.63, 3.8) is 0 Å². The number of carbonyl (C=O) groups excluding carboxylic acids is 1. The van der Waals surface area contributed by atoms with Crippen LogP contribution in [0.15, 0.2) is 24.5 Å². The summed E-state index contributed by atoms with van der Waals surface area (Å²) in [5.74, 6) is 0. The maximum Gasteiger partial charge on any atom is 0.317 e. The molecule has 28 heavy (non-hydrogen) atoms. The number of rotatable bonds is 4. The Balaban J connectivity index is 0.000000878. The average Bonchev–Trinajstić information content (AvgIpc) is 3.04. The predicted molar refractivity (Wildman–Crippen MR) is 103 cm³/mol. The molecule has 0 bridgehead atoms. The van der Waals surface area contributed by atoms with Crippen molar-refractivity contribution >= 4 is 28.2 Å². The minimum absolute atomic E-state index is 0.0965. The first-order valence-corrected chi connectivity index (χ1v) is 10.6. The fraction of sp³-hybridized carbons (Fsp3) is 0.471. The Bertz CT molecular complexity index is 919. The van der Waals surface area contributed by atoms with Crippen LogP contribution < -0.4 is 10.0 Å². The largest absolute Gasteiger partial charge is 0.483 e. The van der Waals surface area contributed by atoms with Crippen molar-refractivity contribution in [1.82, 2.24) is 24.3 Å². The SMILES string of the molecule is Cc1cccn2c(CNC(=O)N3CCC(NS(C)(=O)=O)CC3)cnc12.O=CO. The molecule has 10 nitrogen and oxygen atoms in total. The molecule has 0 atom stereocenters. The summed E-state index contributed by atoms with van der Waals surface area (Å²) in [6.45, 7) is 3.21. The normalized spacial score (nSPS) is 15.0. The molecule has 2 aromatic heterocycles. The van der Waals surface area contributed by atoms with E-state index in [4.69, 9.17) is 9.90 Å². The number of carboxylic acid groups (broad SMARTS) is 1. The van der Waals surface area contributed by atoms with Crippen molar-refractivity contribution in [2.45, 2.75) is 32.4 Å². The van der Waals surface area contributed by atoms with Gasteiger partial charge in [-0.05, 0) is 31.4 Å². The van der Waals surface area contributed by atoms with Gasteiger partial charge in [0.2, 0.25) is 10.0 Å². The Kier molecular flexibility index (Phi) is 7.35. The number of amides is 2. The number of aryl methyl sites for hydroxylation is 1. The van der Waals surface area contributed by atoms with Gasteiger partial charge in [-0.25, -0.2) is 22.9 Å². The smallest absolute Gasteiger partial charge is 0.317 e. The van der Waals surface area contributed by atoms with Gasteiger partial charge in [0.1, 0.15) is 5.65 Å². The van der Waals surface area contributed by atoms with E-state index in [0.29, 0.717) is 32.5 Å². The van der Waals surface area contributed by atoms with E-state index in [1.54, 1.807) is 11.1 Å². The molecule has 3 rings (SSSR count). The summed E-state index contributed by atoms with van der Waals surface area (Å²) in [5, 5.41) is 9.81. The molecule has 1 aliphatic rings. The molecule has 154 valence electrons. The van der Waals surface area contributed by atoms with E-state index >= 15 is 0 Å². The minimum atomic E-state index is -3.20. The quantitative estimate of drug-likeness (QED) is 0.630. The Labute approximate surface area is 163 Å². The Hall–Kier alpha value is -2.66. The van der Waals surface area contributed by atoms with Crippen LogP contribution in [0.25, 0.3) is 5.65 Å². The standard InChI is InChI=1S/C16H23N5O3S.CH2O2/c1-12-4-3-7-21-14(10-17-15(12)21)11-18-16(22)20-8-5-13(6-9-20)19-25(2,23)24;2-1-3/h3-4,7,10,13,19H,5-6,8-9,11H2,1-2H3,(H,18,22);1H,(H,2,3). The molecular weight excluding hydrogens is 386 g/mol. The zero-order valence-corrected chi connectivity index (χ0v) is 16.6. The van der Waals surface area contributed by atoms with Gasteiger partial charge in [0.25, 0.3) is 6.47 Å². The number of aromatic nitrogens is 2. The van der Waals surface area contributed by atoms with Crippen molar-refractivity contribution < 1.29 is 23.1 Å². The van der Waals surface area contributed by atoms with Crippen LogP contribution in [0.1, 0.15) is 24.1 Å². The van der Waals surface area contributed by atoms with Crippen LogP contribution in [0, 0.1) is 6.92 Å². The van der Waals surface area contributed by atoms with E-state index in [9.17, 15) is 13.2 Å². The monoisotopic (exact) mass is 411 g/mol. The summed E-state index contributed by atoms with van der Waals surface area (Å²) in [5.41, 5.74) is 2.89. The first-order valence-electron chi connectivity index (χ1n) is 8.74. The van der Waals surface area contributed by atoms with Crippen molar-refractivity contribution in [1.29, 1.82) is 0 Å². The van der Waals surface area contributed by atoms with Gasteiger partial charge in [0.15, 0.2) is 0 Å². The molecule has 3 N–H and O–H groups in total. The van der Waals surface area contributed by atoms with Gasteiger partial charge in [-0.1, -0.05) is 6.07 Å². The number of urea groups is 1. The van der Waals surface area contributed by atoms with Crippen LogP contribution in [0.2, 0.25) is 0 Å². The van der Waals surface area contributed by atoms with E-state index in [1.165, 1.54) is 0 Å². The van der Waals surface area contributed by atoms with Gasteiger partial charge in [-0.3, -0.25) is 4.79 Å². The van der Waals surface area contributed by atoms with E-state index < -0.39 is 10.0 Å². The molecule has 1 aliphatic heterocycles. The number of hydrogen-bond acceptors (Lipinski definition) is 5. The number of likely N-dealkylation sites (tertiary alicyclic amines) is 1. The second kappa shape index (κ2) is 9.51. The molecule has 1 fully saturated rings. The lowest BCUT2D eigenvalue weighted by Gasteiger charge is -2.31. The highest BCUT2D eigenvalue weighted by Crippen LogP contribution is 2.13. The number of fused-ring (bicyclic) bond motifs is 1. The van der Waals surface area contributed by atoms with Gasteiger partial charge < -0.3 is 19.7 Å². The van der Waals surface area contributed by atoms with Gasteiger partial charge in [-0.15, -0.1) is 0 Å². The fourth-order valence-corrected chi connectivity index (χ4v) is 3.96. The highest BCUT2D eigenvalue weighted by atomic mass is 32.2. The maximum absolute atomic E-state index is 12.3. The molecule has 0 aliphatic carbocycles. The van der Waals surface area contributed by atoms with Crippen LogP contribution in [0.4, 0.5) is 4.79 Å². The van der Waals surface area contributed by atoms with Crippen LogP contribution in [0.3, 0.4) is 0 Å². The molecule has 0 radical (unpaired) electrons. The third-order valence-corrected chi connectivity index (χ3v) is 5.15. The maximum atomic E-state index is 12.3. The predicted octanol–water partition coefficient (Wildman–Crippen LogP) is 0.567. The molecule has 0 saturated carbocycles. The number of pyridine rings is 1. The zero-order valence-electron chi connectivity index (χ0n) is 15.8. The van der Waals surface area contributed by atoms with Gasteiger partial charge in [0, 0.05) is 25.3 Å². The number of imidazole rings is 1. The van der Waals surface area contributed by atoms with Gasteiger partial charge in [0.05, 0.1) is 24.7 Å². The van der Waals surface area contributed by atoms with E-state index in [-0.39, 0.29) is 18.5 Å². The first kappa shape index (κ1) is 21.6. The van der Waals surface area contributed by atoms with Crippen molar-refractivity contribution in [3.8, 4) is 0 Å². The topological polar surface area (TPSA) is 133 Å². The molecule has 0 unspecified atom stereocenters. The second-order valence-corrected chi connectivity index (χ2v) is 8.33. The van der Waals surface area contributed by atoms with Crippen LogP contribution in [-0.2, 0) is 21.4 Å². The Morgan fingerprint density at radius 1 is 1.39 bits per heavy atom. The summed E-state index contributed by atoms with van der Waals surface area (Å²) < 4.78 is 27.1. The van der Waals surface area contributed by atoms with Crippen molar-refractivity contribution in [3.05, 3.63) is 35.8 Å². The molecule has 0 aromatic carbocycles. The lowest BCUT2D eigenvalue weighted by atomic mass is 10.1. The van der Waals surface area contributed by atoms with Crippen molar-refractivity contribution in [2.75, 3.05) is 19.3 Å². The van der Waals surface area contributed by atoms with Crippen LogP contribution in [-0.4, -0.2) is 65.7 Å². The number of nitrogens with zero attached hydrogens (tertiary/aromatic N) is 3. The van der Waals surface area contributed by atoms with E-state index in [0.717, 1.165) is 23.2 Å². The average molecular weight is 411 g/mol. The minimum Gasteiger partial charge on any atom is -0.483 e. The number of piperidine rings is 1. The van der Waals surface area contributed by atoms with Gasteiger partial charge >= 0.3 is 6.03 Å². The fourth-order valence-electron chi connectivity index (χ4n) is 3.11. The summed E-state index contributed by atoms with van der Waals surface area (Å²) in [6, 6.07) is 3.72. The highest BCUT2D eigenvalue weighted by Gasteiger charge is 2.24. The summed E-state index contributed by atoms with van der Waals surface area (Å²) in [4.78, 5) is 26.8. The molecular formula is C17H25N5O5S. The number of carbonyl (C=O) groups is 2. The van der Waals surface area contributed by atoms with E-state index in [1.807, 2.05) is 29.7 Å². The molecule has 2 aromatic rings. The Morgan fingerprint density at radius 2 is 2.04 bits per heavy atom. The molecule has 0 spiro atoms. The summed E-state index contributed by atoms with van der Waals surface area (Å²) in [6.07, 6.45) is 6.10. The molecule has 11 heteroatoms. The lowest BCUT2D eigenvalue weighted by molar-refractivity contribution is -0.122. The summed E-state index contributed by atoms with van der Waals surface area (Å²) in [7, 11) is -3.20. The number of nitrogens with one attached hydrogen (secondary N) is 2.